The van der Waals surface area contributed by atoms with Crippen LogP contribution >= 0.6 is 23.5 Å². The van der Waals surface area contributed by atoms with Crippen molar-refractivity contribution in [2.45, 2.75) is 16.7 Å². The maximum Gasteiger partial charge on any atom is 0.221 e. The summed E-state index contributed by atoms with van der Waals surface area (Å²) in [5.41, 5.74) is 1.30. The molecule has 1 N–H and O–H groups in total. The maximum absolute atomic E-state index is 12.9. The zero-order valence-electron chi connectivity index (χ0n) is 12.8. The number of ketones is 1. The Morgan fingerprint density at radius 1 is 1.13 bits per heavy atom. The van der Waals surface area contributed by atoms with E-state index in [-0.39, 0.29) is 23.3 Å². The van der Waals surface area contributed by atoms with E-state index in [2.05, 4.69) is 5.32 Å². The van der Waals surface area contributed by atoms with Gasteiger partial charge in [-0.3, -0.25) is 9.59 Å². The number of halogens is 1. The number of Topliss-reactive ketones (excluding diaryl/α,β-unsaturated/α-hetero) is 1. The first-order valence-corrected chi connectivity index (χ1v) is 9.08. The second kappa shape index (κ2) is 8.17. The summed E-state index contributed by atoms with van der Waals surface area (Å²) in [6, 6.07) is 11.3. The van der Waals surface area contributed by atoms with Gasteiger partial charge in [0.15, 0.2) is 5.78 Å². The average molecular weight is 349 g/mol. The van der Waals surface area contributed by atoms with Gasteiger partial charge in [0.2, 0.25) is 5.91 Å². The van der Waals surface area contributed by atoms with Gasteiger partial charge in [-0.2, -0.15) is 0 Å². The van der Waals surface area contributed by atoms with E-state index >= 15 is 0 Å². The minimum absolute atomic E-state index is 0.0102. The van der Waals surface area contributed by atoms with E-state index in [0.29, 0.717) is 11.3 Å². The zero-order valence-corrected chi connectivity index (χ0v) is 14.4. The van der Waals surface area contributed by atoms with Crippen molar-refractivity contribution in [1.82, 2.24) is 0 Å². The van der Waals surface area contributed by atoms with Crippen LogP contribution in [-0.4, -0.2) is 23.7 Å². The van der Waals surface area contributed by atoms with Crippen LogP contribution < -0.4 is 5.32 Å². The third-order valence-corrected chi connectivity index (χ3v) is 4.81. The summed E-state index contributed by atoms with van der Waals surface area (Å²) >= 11 is 2.84. The Balaban J connectivity index is 2.06. The first kappa shape index (κ1) is 17.6. The number of amides is 1. The molecule has 2 aromatic rings. The number of rotatable bonds is 6. The maximum atomic E-state index is 12.9. The van der Waals surface area contributed by atoms with E-state index in [0.717, 1.165) is 9.79 Å². The summed E-state index contributed by atoms with van der Waals surface area (Å²) in [6.07, 6.45) is 1.89. The molecule has 120 valence electrons. The van der Waals surface area contributed by atoms with Crippen molar-refractivity contribution in [3.8, 4) is 0 Å². The molecule has 0 bridgehead atoms. The third kappa shape index (κ3) is 5.11. The Morgan fingerprint density at radius 3 is 2.43 bits per heavy atom. The molecule has 0 aliphatic carbocycles. The first-order chi connectivity index (χ1) is 11.0. The zero-order chi connectivity index (χ0) is 16.8. The van der Waals surface area contributed by atoms with Gasteiger partial charge in [0.1, 0.15) is 5.82 Å². The summed E-state index contributed by atoms with van der Waals surface area (Å²) in [7, 11) is 0. The van der Waals surface area contributed by atoms with Crippen LogP contribution in [-0.2, 0) is 4.79 Å². The highest BCUT2D eigenvalue weighted by Crippen LogP contribution is 2.28. The first-order valence-electron chi connectivity index (χ1n) is 6.87. The highest BCUT2D eigenvalue weighted by molar-refractivity contribution is 8.00. The van der Waals surface area contributed by atoms with E-state index in [1.165, 1.54) is 42.6 Å². The molecule has 2 rings (SSSR count). The van der Waals surface area contributed by atoms with Gasteiger partial charge in [0.05, 0.1) is 11.4 Å². The fraction of sp³-hybridized carbons (Fsp3) is 0.176. The lowest BCUT2D eigenvalue weighted by molar-refractivity contribution is -0.114. The Labute approximate surface area is 143 Å². The van der Waals surface area contributed by atoms with Crippen molar-refractivity contribution in [3.63, 3.8) is 0 Å². The summed E-state index contributed by atoms with van der Waals surface area (Å²) in [6.45, 7) is 1.45. The molecule has 0 saturated heterocycles. The van der Waals surface area contributed by atoms with Gasteiger partial charge >= 0.3 is 0 Å². The van der Waals surface area contributed by atoms with Crippen LogP contribution in [0.1, 0.15) is 17.3 Å². The summed E-state index contributed by atoms with van der Waals surface area (Å²) in [5.74, 6) is -0.173. The van der Waals surface area contributed by atoms with Crippen LogP contribution in [0.25, 0.3) is 0 Å². The lowest BCUT2D eigenvalue weighted by Gasteiger charge is -2.10. The Hall–Kier alpha value is -1.79. The lowest BCUT2D eigenvalue weighted by Crippen LogP contribution is -2.08. The predicted molar refractivity (Wildman–Crippen MR) is 94.0 cm³/mol. The van der Waals surface area contributed by atoms with Gasteiger partial charge in [-0.15, -0.1) is 23.5 Å². The molecule has 0 atom stereocenters. The molecule has 0 heterocycles. The van der Waals surface area contributed by atoms with Gasteiger partial charge in [0, 0.05) is 22.3 Å². The van der Waals surface area contributed by atoms with Gasteiger partial charge in [-0.05, 0) is 48.7 Å². The molecule has 0 saturated carbocycles. The fourth-order valence-corrected chi connectivity index (χ4v) is 3.30. The molecular weight excluding hydrogens is 333 g/mol. The van der Waals surface area contributed by atoms with Gasteiger partial charge in [0.25, 0.3) is 0 Å². The summed E-state index contributed by atoms with van der Waals surface area (Å²) in [5, 5.41) is 2.74. The van der Waals surface area contributed by atoms with E-state index in [9.17, 15) is 14.0 Å². The Bertz CT molecular complexity index is 717. The molecule has 6 heteroatoms. The van der Waals surface area contributed by atoms with Crippen LogP contribution in [0.4, 0.5) is 10.1 Å². The van der Waals surface area contributed by atoms with Gasteiger partial charge in [-0.25, -0.2) is 4.39 Å². The van der Waals surface area contributed by atoms with Crippen molar-refractivity contribution in [3.05, 3.63) is 53.8 Å². The second-order valence-corrected chi connectivity index (χ2v) is 6.66. The minimum atomic E-state index is -0.293. The molecule has 0 aliphatic rings. The van der Waals surface area contributed by atoms with Crippen LogP contribution in [0.3, 0.4) is 0 Å². The van der Waals surface area contributed by atoms with E-state index in [1.54, 1.807) is 30.3 Å². The second-order valence-electron chi connectivity index (χ2n) is 4.76. The molecular formula is C17H16FNO2S2. The van der Waals surface area contributed by atoms with Crippen LogP contribution in [0, 0.1) is 5.82 Å². The van der Waals surface area contributed by atoms with Crippen LogP contribution in [0.5, 0.6) is 0 Å². The normalized spacial score (nSPS) is 10.4. The molecule has 0 radical (unpaired) electrons. The van der Waals surface area contributed by atoms with Crippen molar-refractivity contribution in [1.29, 1.82) is 0 Å². The number of anilines is 1. The molecule has 0 unspecified atom stereocenters. The van der Waals surface area contributed by atoms with Crippen molar-refractivity contribution in [2.24, 2.45) is 0 Å². The molecule has 2 aromatic carbocycles. The van der Waals surface area contributed by atoms with Crippen molar-refractivity contribution < 1.29 is 14.0 Å². The topological polar surface area (TPSA) is 46.2 Å². The molecule has 0 aliphatic heterocycles. The van der Waals surface area contributed by atoms with Crippen LogP contribution in [0.15, 0.2) is 52.3 Å². The van der Waals surface area contributed by atoms with Crippen molar-refractivity contribution >= 4 is 40.9 Å². The van der Waals surface area contributed by atoms with Gasteiger partial charge < -0.3 is 5.32 Å². The highest BCUT2D eigenvalue weighted by Gasteiger charge is 2.11. The van der Waals surface area contributed by atoms with Gasteiger partial charge in [-0.1, -0.05) is 0 Å². The third-order valence-electron chi connectivity index (χ3n) is 3.02. The number of carbonyl (C=O) groups is 2. The number of carbonyl (C=O) groups excluding carboxylic acids is 2. The smallest absolute Gasteiger partial charge is 0.221 e. The fourth-order valence-electron chi connectivity index (χ4n) is 1.92. The quantitative estimate of drug-likeness (QED) is 0.617. The minimum Gasteiger partial charge on any atom is -0.325 e. The molecule has 0 fully saturated rings. The average Bonchev–Trinajstić information content (AvgIpc) is 2.54. The molecule has 23 heavy (non-hydrogen) atoms. The summed E-state index contributed by atoms with van der Waals surface area (Å²) in [4.78, 5) is 25.2. The molecule has 0 aromatic heterocycles. The number of hydrogen-bond acceptors (Lipinski definition) is 4. The number of thioether (sulfide) groups is 2. The van der Waals surface area contributed by atoms with Crippen LogP contribution in [0.2, 0.25) is 0 Å². The number of hydrogen-bond donors (Lipinski definition) is 1. The Kier molecular flexibility index (Phi) is 6.24. The standard InChI is InChI=1S/C17H16FNO2S2/c1-11(20)19-15-8-3-12(9-17(15)22-2)16(21)10-23-14-6-4-13(18)5-7-14/h3-9H,10H2,1-2H3,(H,19,20). The largest absolute Gasteiger partial charge is 0.325 e. The van der Waals surface area contributed by atoms with E-state index in [4.69, 9.17) is 0 Å². The Morgan fingerprint density at radius 2 is 1.83 bits per heavy atom. The van der Waals surface area contributed by atoms with Crippen molar-refractivity contribution in [2.75, 3.05) is 17.3 Å². The monoisotopic (exact) mass is 349 g/mol. The predicted octanol–water partition coefficient (Wildman–Crippen LogP) is 4.48. The number of nitrogens with one attached hydrogen (secondary N) is 1. The molecule has 0 spiro atoms. The number of benzene rings is 2. The highest BCUT2D eigenvalue weighted by atomic mass is 32.2. The van der Waals surface area contributed by atoms with E-state index < -0.39 is 0 Å². The van der Waals surface area contributed by atoms with E-state index in [1.807, 2.05) is 6.26 Å². The molecule has 3 nitrogen and oxygen atoms in total. The summed E-state index contributed by atoms with van der Waals surface area (Å²) < 4.78 is 12.9. The lowest BCUT2D eigenvalue weighted by atomic mass is 10.1. The molecule has 1 amide bonds. The SMILES string of the molecule is CSc1cc(C(=O)CSc2ccc(F)cc2)ccc1NC(C)=O.